The maximum atomic E-state index is 12.5. The van der Waals surface area contributed by atoms with Gasteiger partial charge in [0.1, 0.15) is 10.7 Å². The molecule has 0 atom stereocenters. The van der Waals surface area contributed by atoms with Crippen molar-refractivity contribution in [2.75, 3.05) is 18.5 Å². The third-order valence-electron chi connectivity index (χ3n) is 4.82. The van der Waals surface area contributed by atoms with Crippen LogP contribution in [-0.4, -0.2) is 36.5 Å². The molecule has 0 saturated heterocycles. The van der Waals surface area contributed by atoms with Crippen LogP contribution >= 0.6 is 0 Å². The highest BCUT2D eigenvalue weighted by atomic mass is 32.2. The average Bonchev–Trinajstić information content (AvgIpc) is 2.90. The third kappa shape index (κ3) is 4.36. The van der Waals surface area contributed by atoms with Gasteiger partial charge in [-0.1, -0.05) is 38.1 Å². The van der Waals surface area contributed by atoms with E-state index >= 15 is 0 Å². The Bertz CT molecular complexity index is 904. The minimum absolute atomic E-state index is 0.198. The topological polar surface area (TPSA) is 74.7 Å². The van der Waals surface area contributed by atoms with Gasteiger partial charge in [-0.05, 0) is 43.4 Å². The summed E-state index contributed by atoms with van der Waals surface area (Å²) in [6.07, 6.45) is 5.64. The summed E-state index contributed by atoms with van der Waals surface area (Å²) in [5.74, 6) is 0.530. The fourth-order valence-corrected chi connectivity index (χ4v) is 4.72. The number of fused-ring (bicyclic) bond motifs is 1. The molecule has 144 valence electrons. The predicted molar refractivity (Wildman–Crippen MR) is 109 cm³/mol. The van der Waals surface area contributed by atoms with E-state index in [1.54, 1.807) is 12.1 Å². The van der Waals surface area contributed by atoms with Crippen molar-refractivity contribution >= 4 is 21.6 Å². The largest absolute Gasteiger partial charge is 0.261 e. The van der Waals surface area contributed by atoms with Crippen molar-refractivity contribution in [1.82, 2.24) is 9.29 Å². The van der Waals surface area contributed by atoms with Crippen LogP contribution in [0.5, 0.6) is 0 Å². The van der Waals surface area contributed by atoms with Crippen LogP contribution in [0.1, 0.15) is 44.2 Å². The number of hydrazone groups is 1. The Kier molecular flexibility index (Phi) is 6.23. The molecule has 1 aliphatic carbocycles. The number of anilines is 1. The van der Waals surface area contributed by atoms with E-state index in [2.05, 4.69) is 33.7 Å². The van der Waals surface area contributed by atoms with Gasteiger partial charge in [-0.15, -0.1) is 0 Å². The molecule has 0 bridgehead atoms. The van der Waals surface area contributed by atoms with E-state index in [0.717, 1.165) is 31.4 Å². The SMILES string of the molecule is CCN(CC)S(=O)(=O)c1ccc(N/N=C2\CCCCc3ccccc32)nc1. The van der Waals surface area contributed by atoms with E-state index in [-0.39, 0.29) is 4.90 Å². The molecule has 0 radical (unpaired) electrons. The van der Waals surface area contributed by atoms with E-state index in [1.807, 2.05) is 19.9 Å². The molecule has 3 rings (SSSR count). The second-order valence-corrected chi connectivity index (χ2v) is 8.44. The fraction of sp³-hybridized carbons (Fsp3) is 0.400. The standard InChI is InChI=1S/C20H26N4O2S/c1-3-24(4-2)27(25,26)17-13-14-20(21-15-17)23-22-19-12-8-6-10-16-9-5-7-11-18(16)19/h5,7,9,11,13-15H,3-4,6,8,10,12H2,1-2H3,(H,21,23)/b22-19+. The molecule has 1 aromatic carbocycles. The smallest absolute Gasteiger partial charge is 0.244 e. The van der Waals surface area contributed by atoms with E-state index in [1.165, 1.54) is 21.6 Å². The molecule has 7 heteroatoms. The maximum absolute atomic E-state index is 12.5. The molecule has 0 amide bonds. The van der Waals surface area contributed by atoms with Gasteiger partial charge in [-0.25, -0.2) is 13.4 Å². The molecule has 1 N–H and O–H groups in total. The van der Waals surface area contributed by atoms with Gasteiger partial charge < -0.3 is 0 Å². The second kappa shape index (κ2) is 8.63. The first-order valence-corrected chi connectivity index (χ1v) is 10.9. The van der Waals surface area contributed by atoms with Crippen LogP contribution in [0.15, 0.2) is 52.6 Å². The number of hydrogen-bond acceptors (Lipinski definition) is 5. The number of nitrogens with one attached hydrogen (secondary N) is 1. The summed E-state index contributed by atoms with van der Waals surface area (Å²) in [5.41, 5.74) is 6.51. The Morgan fingerprint density at radius 1 is 1.07 bits per heavy atom. The monoisotopic (exact) mass is 386 g/mol. The molecule has 2 aromatic rings. The Morgan fingerprint density at radius 3 is 2.52 bits per heavy atom. The number of aryl methyl sites for hydroxylation is 1. The number of aromatic nitrogens is 1. The van der Waals surface area contributed by atoms with Crippen LogP contribution in [-0.2, 0) is 16.4 Å². The number of nitrogens with zero attached hydrogens (tertiary/aromatic N) is 3. The predicted octanol–water partition coefficient (Wildman–Crippen LogP) is 3.65. The molecule has 0 unspecified atom stereocenters. The zero-order valence-corrected chi connectivity index (χ0v) is 16.7. The van der Waals surface area contributed by atoms with E-state index in [0.29, 0.717) is 18.9 Å². The minimum atomic E-state index is -3.49. The lowest BCUT2D eigenvalue weighted by Crippen LogP contribution is -2.30. The Morgan fingerprint density at radius 2 is 1.81 bits per heavy atom. The van der Waals surface area contributed by atoms with Crippen LogP contribution in [0.3, 0.4) is 0 Å². The van der Waals surface area contributed by atoms with Gasteiger partial charge in [-0.3, -0.25) is 5.43 Å². The Balaban J connectivity index is 1.79. The van der Waals surface area contributed by atoms with Crippen LogP contribution in [0.25, 0.3) is 0 Å². The maximum Gasteiger partial charge on any atom is 0.244 e. The Labute approximate surface area is 161 Å². The minimum Gasteiger partial charge on any atom is -0.261 e. The van der Waals surface area contributed by atoms with Crippen molar-refractivity contribution in [3.8, 4) is 0 Å². The average molecular weight is 387 g/mol. The molecule has 0 aliphatic heterocycles. The van der Waals surface area contributed by atoms with Gasteiger partial charge in [0.05, 0.1) is 5.71 Å². The lowest BCUT2D eigenvalue weighted by atomic mass is 10.0. The Hall–Kier alpha value is -2.25. The van der Waals surface area contributed by atoms with Crippen LogP contribution in [0.4, 0.5) is 5.82 Å². The van der Waals surface area contributed by atoms with Gasteiger partial charge in [0.15, 0.2) is 0 Å². The summed E-state index contributed by atoms with van der Waals surface area (Å²) < 4.78 is 26.5. The van der Waals surface area contributed by atoms with Crippen LogP contribution < -0.4 is 5.43 Å². The van der Waals surface area contributed by atoms with Gasteiger partial charge in [0.2, 0.25) is 10.0 Å². The summed E-state index contributed by atoms with van der Waals surface area (Å²) in [5, 5.41) is 4.56. The molecule has 27 heavy (non-hydrogen) atoms. The van der Waals surface area contributed by atoms with Gasteiger partial charge in [0, 0.05) is 24.8 Å². The van der Waals surface area contributed by atoms with Gasteiger partial charge in [-0.2, -0.15) is 9.41 Å². The summed E-state index contributed by atoms with van der Waals surface area (Å²) in [4.78, 5) is 4.43. The van der Waals surface area contributed by atoms with Crippen molar-refractivity contribution in [3.05, 3.63) is 53.7 Å². The molecule has 1 aromatic heterocycles. The number of pyridine rings is 1. The summed E-state index contributed by atoms with van der Waals surface area (Å²) in [7, 11) is -3.49. The first-order valence-electron chi connectivity index (χ1n) is 9.43. The van der Waals surface area contributed by atoms with Crippen molar-refractivity contribution in [3.63, 3.8) is 0 Å². The first-order chi connectivity index (χ1) is 13.1. The zero-order valence-electron chi connectivity index (χ0n) is 15.9. The van der Waals surface area contributed by atoms with Gasteiger partial charge in [0.25, 0.3) is 0 Å². The third-order valence-corrected chi connectivity index (χ3v) is 6.86. The summed E-state index contributed by atoms with van der Waals surface area (Å²) >= 11 is 0. The lowest BCUT2D eigenvalue weighted by Gasteiger charge is -2.18. The van der Waals surface area contributed by atoms with Crippen molar-refractivity contribution < 1.29 is 8.42 Å². The van der Waals surface area contributed by atoms with E-state index in [9.17, 15) is 8.42 Å². The lowest BCUT2D eigenvalue weighted by molar-refractivity contribution is 0.445. The highest BCUT2D eigenvalue weighted by molar-refractivity contribution is 7.89. The number of rotatable bonds is 6. The molecule has 0 spiro atoms. The number of benzene rings is 1. The molecular formula is C20H26N4O2S. The summed E-state index contributed by atoms with van der Waals surface area (Å²) in [6, 6.07) is 11.6. The first kappa shape index (κ1) is 19.5. The quantitative estimate of drug-likeness (QED) is 0.607. The van der Waals surface area contributed by atoms with Gasteiger partial charge >= 0.3 is 0 Å². The molecule has 1 heterocycles. The number of hydrogen-bond donors (Lipinski definition) is 1. The second-order valence-electron chi connectivity index (χ2n) is 6.50. The van der Waals surface area contributed by atoms with Crippen molar-refractivity contribution in [2.45, 2.75) is 44.4 Å². The zero-order chi connectivity index (χ0) is 19.3. The molecule has 0 saturated carbocycles. The van der Waals surface area contributed by atoms with E-state index < -0.39 is 10.0 Å². The molecule has 1 aliphatic rings. The van der Waals surface area contributed by atoms with Crippen molar-refractivity contribution in [2.24, 2.45) is 5.10 Å². The molecular weight excluding hydrogens is 360 g/mol. The summed E-state index contributed by atoms with van der Waals surface area (Å²) in [6.45, 7) is 4.52. The number of sulfonamides is 1. The molecule has 6 nitrogen and oxygen atoms in total. The normalized spacial score (nSPS) is 16.2. The highest BCUT2D eigenvalue weighted by Crippen LogP contribution is 2.21. The van der Waals surface area contributed by atoms with E-state index in [4.69, 9.17) is 0 Å². The fourth-order valence-electron chi connectivity index (χ4n) is 3.31. The van der Waals surface area contributed by atoms with Crippen LogP contribution in [0, 0.1) is 0 Å². The van der Waals surface area contributed by atoms with Crippen LogP contribution in [0.2, 0.25) is 0 Å². The highest BCUT2D eigenvalue weighted by Gasteiger charge is 2.21. The molecule has 0 fully saturated rings. The van der Waals surface area contributed by atoms with Crippen molar-refractivity contribution in [1.29, 1.82) is 0 Å².